The fourth-order valence-corrected chi connectivity index (χ4v) is 3.85. The maximum atomic E-state index is 13.2. The fraction of sp³-hybridized carbons (Fsp3) is 0.524. The second-order valence-corrected chi connectivity index (χ2v) is 7.43. The molecule has 3 rings (SSSR count). The van der Waals surface area contributed by atoms with Crippen LogP contribution in [0.4, 0.5) is 4.39 Å². The van der Waals surface area contributed by atoms with Crippen LogP contribution in [0.1, 0.15) is 36.2 Å². The molecule has 27 heavy (non-hydrogen) atoms. The van der Waals surface area contributed by atoms with Crippen LogP contribution in [0.3, 0.4) is 0 Å². The summed E-state index contributed by atoms with van der Waals surface area (Å²) in [5, 5.41) is 7.77. The first-order valence-electron chi connectivity index (χ1n) is 9.73. The number of amides is 1. The molecule has 1 aromatic carbocycles. The minimum atomic E-state index is -0.270. The summed E-state index contributed by atoms with van der Waals surface area (Å²) in [6, 6.07) is 6.26. The molecule has 0 atom stereocenters. The average Bonchev–Trinajstić information content (AvgIpc) is 2.95. The lowest BCUT2D eigenvalue weighted by Gasteiger charge is -2.32. The molecule has 1 saturated heterocycles. The molecule has 1 aromatic heterocycles. The molecule has 0 saturated carbocycles. The van der Waals surface area contributed by atoms with E-state index in [0.717, 1.165) is 55.1 Å². The highest BCUT2D eigenvalue weighted by Crippen LogP contribution is 2.23. The van der Waals surface area contributed by atoms with Crippen molar-refractivity contribution in [2.75, 3.05) is 26.7 Å². The number of nitrogens with one attached hydrogen (secondary N) is 1. The summed E-state index contributed by atoms with van der Waals surface area (Å²) < 4.78 is 15.0. The van der Waals surface area contributed by atoms with E-state index in [0.29, 0.717) is 12.3 Å². The molecular weight excluding hydrogens is 343 g/mol. The van der Waals surface area contributed by atoms with Crippen LogP contribution in [0, 0.1) is 25.6 Å². The standard InChI is InChI=1S/C21H29FN4O/c1-15-20(16(2)26(24-15)19-6-4-18(22)5-7-19)14-21(27)25-12-9-17(10-13-25)8-11-23-3/h4-7,17,23H,8-14H2,1-3H3. The maximum Gasteiger partial charge on any atom is 0.227 e. The zero-order chi connectivity index (χ0) is 19.4. The predicted molar refractivity (Wildman–Crippen MR) is 105 cm³/mol. The van der Waals surface area contributed by atoms with Crippen LogP contribution in [0.25, 0.3) is 5.69 Å². The molecule has 1 amide bonds. The van der Waals surface area contributed by atoms with Gasteiger partial charge in [0, 0.05) is 24.3 Å². The first-order chi connectivity index (χ1) is 13.0. The van der Waals surface area contributed by atoms with Gasteiger partial charge in [-0.1, -0.05) is 0 Å². The summed E-state index contributed by atoms with van der Waals surface area (Å²) in [6.45, 7) is 6.63. The van der Waals surface area contributed by atoms with E-state index >= 15 is 0 Å². The van der Waals surface area contributed by atoms with Crippen LogP contribution in [0.2, 0.25) is 0 Å². The molecule has 6 heteroatoms. The summed E-state index contributed by atoms with van der Waals surface area (Å²) in [6.07, 6.45) is 3.72. The topological polar surface area (TPSA) is 50.2 Å². The van der Waals surface area contributed by atoms with E-state index < -0.39 is 0 Å². The van der Waals surface area contributed by atoms with Gasteiger partial charge in [0.25, 0.3) is 0 Å². The number of carbonyl (C=O) groups excluding carboxylic acids is 1. The van der Waals surface area contributed by atoms with E-state index in [1.54, 1.807) is 16.8 Å². The van der Waals surface area contributed by atoms with Crippen LogP contribution in [0.5, 0.6) is 0 Å². The molecule has 5 nitrogen and oxygen atoms in total. The lowest BCUT2D eigenvalue weighted by molar-refractivity contribution is -0.131. The first kappa shape index (κ1) is 19.5. The summed E-state index contributed by atoms with van der Waals surface area (Å²) in [5.74, 6) is 0.618. The van der Waals surface area contributed by atoms with Crippen molar-refractivity contribution < 1.29 is 9.18 Å². The highest BCUT2D eigenvalue weighted by atomic mass is 19.1. The summed E-state index contributed by atoms with van der Waals surface area (Å²) >= 11 is 0. The molecule has 1 N–H and O–H groups in total. The maximum absolute atomic E-state index is 13.2. The van der Waals surface area contributed by atoms with Crippen LogP contribution >= 0.6 is 0 Å². The molecule has 0 radical (unpaired) electrons. The highest BCUT2D eigenvalue weighted by molar-refractivity contribution is 5.79. The van der Waals surface area contributed by atoms with E-state index in [1.807, 2.05) is 25.8 Å². The van der Waals surface area contributed by atoms with Gasteiger partial charge in [-0.05, 0) is 76.9 Å². The number of halogens is 1. The molecule has 146 valence electrons. The van der Waals surface area contributed by atoms with Crippen molar-refractivity contribution in [2.45, 2.75) is 39.5 Å². The zero-order valence-electron chi connectivity index (χ0n) is 16.5. The van der Waals surface area contributed by atoms with Gasteiger partial charge in [-0.25, -0.2) is 9.07 Å². The van der Waals surface area contributed by atoms with Gasteiger partial charge in [-0.2, -0.15) is 5.10 Å². The number of likely N-dealkylation sites (tertiary alicyclic amines) is 1. The van der Waals surface area contributed by atoms with Gasteiger partial charge in [0.05, 0.1) is 17.8 Å². The van der Waals surface area contributed by atoms with Crippen molar-refractivity contribution in [2.24, 2.45) is 5.92 Å². The lowest BCUT2D eigenvalue weighted by atomic mass is 9.93. The van der Waals surface area contributed by atoms with E-state index in [1.165, 1.54) is 18.6 Å². The van der Waals surface area contributed by atoms with Crippen LogP contribution in [-0.4, -0.2) is 47.3 Å². The number of aryl methyl sites for hydroxylation is 1. The van der Waals surface area contributed by atoms with Crippen molar-refractivity contribution in [1.82, 2.24) is 20.0 Å². The Morgan fingerprint density at radius 3 is 2.52 bits per heavy atom. The number of aromatic nitrogens is 2. The smallest absolute Gasteiger partial charge is 0.227 e. The monoisotopic (exact) mass is 372 g/mol. The molecule has 1 aliphatic heterocycles. The van der Waals surface area contributed by atoms with Gasteiger partial charge >= 0.3 is 0 Å². The zero-order valence-corrected chi connectivity index (χ0v) is 16.5. The molecule has 1 aliphatic rings. The third-order valence-electron chi connectivity index (χ3n) is 5.61. The Balaban J connectivity index is 1.66. The third-order valence-corrected chi connectivity index (χ3v) is 5.61. The highest BCUT2D eigenvalue weighted by Gasteiger charge is 2.24. The van der Waals surface area contributed by atoms with Crippen molar-refractivity contribution in [3.05, 3.63) is 47.0 Å². The minimum absolute atomic E-state index is 0.173. The summed E-state index contributed by atoms with van der Waals surface area (Å²) in [5.41, 5.74) is 3.58. The van der Waals surface area contributed by atoms with Crippen molar-refractivity contribution in [1.29, 1.82) is 0 Å². The second-order valence-electron chi connectivity index (χ2n) is 7.43. The average molecular weight is 372 g/mol. The number of carbonyl (C=O) groups is 1. The number of nitrogens with zero attached hydrogens (tertiary/aromatic N) is 3. The van der Waals surface area contributed by atoms with Gasteiger partial charge in [0.15, 0.2) is 0 Å². The summed E-state index contributed by atoms with van der Waals surface area (Å²) in [7, 11) is 1.98. The van der Waals surface area contributed by atoms with E-state index in [2.05, 4.69) is 10.4 Å². The normalized spacial score (nSPS) is 15.3. The van der Waals surface area contributed by atoms with Crippen molar-refractivity contribution in [3.63, 3.8) is 0 Å². The molecule has 0 aliphatic carbocycles. The Morgan fingerprint density at radius 1 is 1.22 bits per heavy atom. The molecule has 0 bridgehead atoms. The van der Waals surface area contributed by atoms with Gasteiger partial charge < -0.3 is 10.2 Å². The Bertz CT molecular complexity index is 776. The van der Waals surface area contributed by atoms with E-state index in [9.17, 15) is 9.18 Å². The van der Waals surface area contributed by atoms with Crippen LogP contribution in [-0.2, 0) is 11.2 Å². The Morgan fingerprint density at radius 2 is 1.89 bits per heavy atom. The molecule has 1 fully saturated rings. The quantitative estimate of drug-likeness (QED) is 0.848. The molecule has 2 heterocycles. The number of rotatable bonds is 6. The molecule has 0 unspecified atom stereocenters. The number of hydrogen-bond acceptors (Lipinski definition) is 3. The lowest BCUT2D eigenvalue weighted by Crippen LogP contribution is -2.39. The largest absolute Gasteiger partial charge is 0.342 e. The minimum Gasteiger partial charge on any atom is -0.342 e. The molecule has 2 aromatic rings. The van der Waals surface area contributed by atoms with E-state index in [4.69, 9.17) is 0 Å². The van der Waals surface area contributed by atoms with Crippen molar-refractivity contribution in [3.8, 4) is 5.69 Å². The van der Waals surface area contributed by atoms with Crippen LogP contribution < -0.4 is 5.32 Å². The van der Waals surface area contributed by atoms with Crippen LogP contribution in [0.15, 0.2) is 24.3 Å². The van der Waals surface area contributed by atoms with Gasteiger partial charge in [-0.15, -0.1) is 0 Å². The number of benzene rings is 1. The molecule has 0 spiro atoms. The Hall–Kier alpha value is -2.21. The van der Waals surface area contributed by atoms with Crippen molar-refractivity contribution >= 4 is 5.91 Å². The first-order valence-corrected chi connectivity index (χ1v) is 9.73. The third kappa shape index (κ3) is 4.56. The predicted octanol–water partition coefficient (Wildman–Crippen LogP) is 3.02. The molecular formula is C21H29FN4O. The second kappa shape index (κ2) is 8.65. The van der Waals surface area contributed by atoms with Gasteiger partial charge in [0.1, 0.15) is 5.82 Å². The fourth-order valence-electron chi connectivity index (χ4n) is 3.85. The Labute approximate surface area is 160 Å². The van der Waals surface area contributed by atoms with Gasteiger partial charge in [0.2, 0.25) is 5.91 Å². The van der Waals surface area contributed by atoms with Gasteiger partial charge in [-0.3, -0.25) is 4.79 Å². The Kier molecular flexibility index (Phi) is 6.26. The summed E-state index contributed by atoms with van der Waals surface area (Å²) in [4.78, 5) is 14.8. The SMILES string of the molecule is CNCCC1CCN(C(=O)Cc2c(C)nn(-c3ccc(F)cc3)c2C)CC1. The number of piperidine rings is 1. The van der Waals surface area contributed by atoms with E-state index in [-0.39, 0.29) is 11.7 Å². The number of hydrogen-bond donors (Lipinski definition) is 1.